The number of esters is 1. The molecule has 2 rings (SSSR count). The summed E-state index contributed by atoms with van der Waals surface area (Å²) < 4.78 is 18.7. The maximum absolute atomic E-state index is 13.7. The van der Waals surface area contributed by atoms with Gasteiger partial charge in [0.2, 0.25) is 0 Å². The summed E-state index contributed by atoms with van der Waals surface area (Å²) in [5, 5.41) is 2.90. The van der Waals surface area contributed by atoms with Crippen LogP contribution in [0.2, 0.25) is 5.02 Å². The van der Waals surface area contributed by atoms with Gasteiger partial charge in [0, 0.05) is 10.7 Å². The SMILES string of the molecule is Cc1ccc(C)c(NC(=O)[C@H](C)OC(=O)c2cc(Cl)ccc2F)c1. The fraction of sp³-hybridized carbons (Fsp3) is 0.222. The Kier molecular flexibility index (Phi) is 5.57. The number of halogens is 2. The number of nitrogens with one attached hydrogen (secondary N) is 1. The van der Waals surface area contributed by atoms with E-state index in [4.69, 9.17) is 16.3 Å². The predicted molar refractivity (Wildman–Crippen MR) is 90.8 cm³/mol. The molecule has 0 aliphatic rings. The van der Waals surface area contributed by atoms with Crippen molar-refractivity contribution in [3.8, 4) is 0 Å². The van der Waals surface area contributed by atoms with E-state index in [1.165, 1.54) is 13.0 Å². The molecular weight excluding hydrogens is 333 g/mol. The van der Waals surface area contributed by atoms with Gasteiger partial charge in [-0.15, -0.1) is 0 Å². The minimum absolute atomic E-state index is 0.204. The lowest BCUT2D eigenvalue weighted by molar-refractivity contribution is -0.123. The number of carbonyl (C=O) groups is 2. The Morgan fingerprint density at radius 3 is 2.58 bits per heavy atom. The highest BCUT2D eigenvalue weighted by Gasteiger charge is 2.22. The molecule has 6 heteroatoms. The molecule has 1 amide bonds. The summed E-state index contributed by atoms with van der Waals surface area (Å²) in [5.74, 6) is -2.20. The van der Waals surface area contributed by atoms with Crippen molar-refractivity contribution < 1.29 is 18.7 Å². The standard InChI is InChI=1S/C18H17ClFNO3/c1-10-4-5-11(2)16(8-10)21-17(22)12(3)24-18(23)14-9-13(19)6-7-15(14)20/h4-9,12H,1-3H3,(H,21,22)/t12-/m0/s1. The Balaban J connectivity index is 2.07. The maximum Gasteiger partial charge on any atom is 0.341 e. The van der Waals surface area contributed by atoms with E-state index in [-0.39, 0.29) is 10.6 Å². The molecule has 0 aliphatic heterocycles. The van der Waals surface area contributed by atoms with Crippen LogP contribution in [0.3, 0.4) is 0 Å². The zero-order valence-electron chi connectivity index (χ0n) is 13.5. The highest BCUT2D eigenvalue weighted by atomic mass is 35.5. The largest absolute Gasteiger partial charge is 0.449 e. The van der Waals surface area contributed by atoms with E-state index in [2.05, 4.69) is 5.32 Å². The number of rotatable bonds is 4. The van der Waals surface area contributed by atoms with Crippen LogP contribution in [0.25, 0.3) is 0 Å². The third-order valence-corrected chi connectivity index (χ3v) is 3.69. The van der Waals surface area contributed by atoms with E-state index in [1.54, 1.807) is 0 Å². The molecule has 0 aliphatic carbocycles. The summed E-state index contributed by atoms with van der Waals surface area (Å²) in [6.45, 7) is 5.17. The van der Waals surface area contributed by atoms with Crippen molar-refractivity contribution in [2.24, 2.45) is 0 Å². The Labute approximate surface area is 144 Å². The number of benzene rings is 2. The molecule has 0 saturated carbocycles. The first-order chi connectivity index (χ1) is 11.3. The van der Waals surface area contributed by atoms with Crippen molar-refractivity contribution in [3.05, 3.63) is 63.9 Å². The highest BCUT2D eigenvalue weighted by molar-refractivity contribution is 6.30. The van der Waals surface area contributed by atoms with E-state index >= 15 is 0 Å². The lowest BCUT2D eigenvalue weighted by Gasteiger charge is -2.15. The van der Waals surface area contributed by atoms with Gasteiger partial charge >= 0.3 is 5.97 Å². The second kappa shape index (κ2) is 7.45. The molecule has 2 aromatic carbocycles. The second-order valence-electron chi connectivity index (χ2n) is 5.48. The van der Waals surface area contributed by atoms with Crippen LogP contribution in [0.15, 0.2) is 36.4 Å². The van der Waals surface area contributed by atoms with Gasteiger partial charge in [-0.2, -0.15) is 0 Å². The van der Waals surface area contributed by atoms with Crippen molar-refractivity contribution in [3.63, 3.8) is 0 Å². The summed E-state index contributed by atoms with van der Waals surface area (Å²) in [7, 11) is 0. The highest BCUT2D eigenvalue weighted by Crippen LogP contribution is 2.18. The van der Waals surface area contributed by atoms with Gasteiger partial charge in [-0.3, -0.25) is 4.79 Å². The minimum Gasteiger partial charge on any atom is -0.449 e. The van der Waals surface area contributed by atoms with Crippen molar-refractivity contribution in [2.45, 2.75) is 26.9 Å². The normalized spacial score (nSPS) is 11.7. The summed E-state index contributed by atoms with van der Waals surface area (Å²) in [6, 6.07) is 9.18. The monoisotopic (exact) mass is 349 g/mol. The minimum atomic E-state index is -1.09. The molecule has 4 nitrogen and oxygen atoms in total. The van der Waals surface area contributed by atoms with Gasteiger partial charge in [-0.1, -0.05) is 23.7 Å². The van der Waals surface area contributed by atoms with Gasteiger partial charge in [0.25, 0.3) is 5.91 Å². The molecule has 0 spiro atoms. The van der Waals surface area contributed by atoms with E-state index < -0.39 is 23.8 Å². The molecule has 0 bridgehead atoms. The van der Waals surface area contributed by atoms with E-state index in [0.717, 1.165) is 23.3 Å². The zero-order valence-corrected chi connectivity index (χ0v) is 14.3. The van der Waals surface area contributed by atoms with Crippen LogP contribution in [-0.4, -0.2) is 18.0 Å². The summed E-state index contributed by atoms with van der Waals surface area (Å²) >= 11 is 5.75. The van der Waals surface area contributed by atoms with Gasteiger partial charge in [0.05, 0.1) is 5.56 Å². The van der Waals surface area contributed by atoms with Crippen LogP contribution in [-0.2, 0) is 9.53 Å². The number of ether oxygens (including phenoxy) is 1. The van der Waals surface area contributed by atoms with Crippen LogP contribution in [0.1, 0.15) is 28.4 Å². The van der Waals surface area contributed by atoms with Crippen molar-refractivity contribution >= 4 is 29.2 Å². The van der Waals surface area contributed by atoms with Gasteiger partial charge in [0.15, 0.2) is 6.10 Å². The average molecular weight is 350 g/mol. The summed E-state index contributed by atoms with van der Waals surface area (Å²) in [6.07, 6.45) is -1.09. The Morgan fingerprint density at radius 2 is 1.88 bits per heavy atom. The molecule has 0 unspecified atom stereocenters. The number of aryl methyl sites for hydroxylation is 2. The third-order valence-electron chi connectivity index (χ3n) is 3.45. The van der Waals surface area contributed by atoms with Gasteiger partial charge in [0.1, 0.15) is 5.82 Å². The van der Waals surface area contributed by atoms with Crippen molar-refractivity contribution in [1.29, 1.82) is 0 Å². The second-order valence-corrected chi connectivity index (χ2v) is 5.92. The maximum atomic E-state index is 13.7. The van der Waals surface area contributed by atoms with Crippen LogP contribution in [0.5, 0.6) is 0 Å². The Hall–Kier alpha value is -2.40. The van der Waals surface area contributed by atoms with Crippen LogP contribution < -0.4 is 5.32 Å². The Morgan fingerprint density at radius 1 is 1.17 bits per heavy atom. The number of anilines is 1. The lowest BCUT2D eigenvalue weighted by atomic mass is 10.1. The first kappa shape index (κ1) is 17.9. The number of hydrogen-bond donors (Lipinski definition) is 1. The number of hydrogen-bond acceptors (Lipinski definition) is 3. The molecule has 0 aromatic heterocycles. The van der Waals surface area contributed by atoms with Crippen molar-refractivity contribution in [1.82, 2.24) is 0 Å². The van der Waals surface area contributed by atoms with Gasteiger partial charge in [-0.25, -0.2) is 9.18 Å². The average Bonchev–Trinajstić information content (AvgIpc) is 2.53. The molecule has 0 radical (unpaired) electrons. The topological polar surface area (TPSA) is 55.4 Å². The molecule has 2 aromatic rings. The smallest absolute Gasteiger partial charge is 0.341 e. The first-order valence-corrected chi connectivity index (χ1v) is 7.70. The van der Waals surface area contributed by atoms with E-state index in [1.807, 2.05) is 32.0 Å². The molecule has 0 heterocycles. The summed E-state index contributed by atoms with van der Waals surface area (Å²) in [5.41, 5.74) is 2.20. The van der Waals surface area contributed by atoms with E-state index in [0.29, 0.717) is 5.69 Å². The molecule has 24 heavy (non-hydrogen) atoms. The molecule has 1 N–H and O–H groups in total. The quantitative estimate of drug-likeness (QED) is 0.838. The lowest BCUT2D eigenvalue weighted by Crippen LogP contribution is -2.30. The zero-order chi connectivity index (χ0) is 17.9. The van der Waals surface area contributed by atoms with Crippen molar-refractivity contribution in [2.75, 3.05) is 5.32 Å². The van der Waals surface area contributed by atoms with Crippen LogP contribution in [0, 0.1) is 19.7 Å². The molecule has 1 atom stereocenters. The first-order valence-electron chi connectivity index (χ1n) is 7.32. The third kappa shape index (κ3) is 4.32. The van der Waals surface area contributed by atoms with Gasteiger partial charge in [-0.05, 0) is 56.2 Å². The predicted octanol–water partition coefficient (Wildman–Crippen LogP) is 4.28. The fourth-order valence-corrected chi connectivity index (χ4v) is 2.21. The Bertz CT molecular complexity index is 792. The van der Waals surface area contributed by atoms with Crippen LogP contribution >= 0.6 is 11.6 Å². The fourth-order valence-electron chi connectivity index (χ4n) is 2.04. The molecular formula is C18H17ClFNO3. The molecule has 126 valence electrons. The summed E-state index contributed by atoms with van der Waals surface area (Å²) in [4.78, 5) is 24.2. The van der Waals surface area contributed by atoms with Gasteiger partial charge < -0.3 is 10.1 Å². The van der Waals surface area contributed by atoms with E-state index in [9.17, 15) is 14.0 Å². The van der Waals surface area contributed by atoms with Crippen LogP contribution in [0.4, 0.5) is 10.1 Å². The molecule has 0 fully saturated rings. The number of carbonyl (C=O) groups excluding carboxylic acids is 2. The number of amides is 1. The molecule has 0 saturated heterocycles.